The van der Waals surface area contributed by atoms with Crippen LogP contribution in [0.4, 0.5) is 0 Å². The van der Waals surface area contributed by atoms with Crippen molar-refractivity contribution in [2.24, 2.45) is 0 Å². The van der Waals surface area contributed by atoms with E-state index < -0.39 is 0 Å². The first-order chi connectivity index (χ1) is 10.6. The number of likely N-dealkylation sites (tertiary alicyclic amines) is 1. The number of amides is 1. The maximum atomic E-state index is 11.9. The fraction of sp³-hybridized carbons (Fsp3) is 0.389. The minimum Gasteiger partial charge on any atom is -0.334 e. The Morgan fingerprint density at radius 2 is 1.95 bits per heavy atom. The lowest BCUT2D eigenvalue weighted by atomic mass is 9.99. The summed E-state index contributed by atoms with van der Waals surface area (Å²) >= 11 is 0. The molecule has 1 aliphatic rings. The Balaban J connectivity index is 1.93. The normalized spacial score (nSPS) is 18.3. The molecule has 114 valence electrons. The molecule has 1 amide bonds. The van der Waals surface area contributed by atoms with Gasteiger partial charge >= 0.3 is 0 Å². The van der Waals surface area contributed by atoms with Gasteiger partial charge in [0.1, 0.15) is 0 Å². The first-order valence-electron chi connectivity index (χ1n) is 7.81. The van der Waals surface area contributed by atoms with E-state index in [0.29, 0.717) is 0 Å². The number of piperidine rings is 1. The highest BCUT2D eigenvalue weighted by Crippen LogP contribution is 2.30. The third-order valence-corrected chi connectivity index (χ3v) is 4.25. The number of carbonyl (C=O) groups excluding carboxylic acids is 1. The second-order valence-electron chi connectivity index (χ2n) is 5.92. The first kappa shape index (κ1) is 14.7. The molecule has 1 aromatic carbocycles. The van der Waals surface area contributed by atoms with E-state index in [1.807, 2.05) is 4.90 Å². The molecule has 0 N–H and O–H groups in total. The molecule has 2 aromatic rings. The van der Waals surface area contributed by atoms with Gasteiger partial charge < -0.3 is 4.90 Å². The molecule has 2 heterocycles. The average Bonchev–Trinajstić information content (AvgIpc) is 2.55. The molecule has 4 nitrogen and oxygen atoms in total. The summed E-state index contributed by atoms with van der Waals surface area (Å²) in [5.74, 6) is 0.118. The van der Waals surface area contributed by atoms with E-state index in [1.54, 1.807) is 19.3 Å². The Bertz CT molecular complexity index is 666. The van der Waals surface area contributed by atoms with Gasteiger partial charge in [-0.2, -0.15) is 0 Å². The van der Waals surface area contributed by atoms with Gasteiger partial charge in [0.15, 0.2) is 0 Å². The minimum atomic E-state index is 0.0594. The maximum Gasteiger partial charge on any atom is 0.220 e. The quantitative estimate of drug-likeness (QED) is 0.851. The van der Waals surface area contributed by atoms with Crippen molar-refractivity contribution in [2.75, 3.05) is 6.54 Å². The number of benzene rings is 1. The molecule has 0 bridgehead atoms. The molecular weight excluding hydrogens is 274 g/mol. The highest BCUT2D eigenvalue weighted by molar-refractivity contribution is 5.74. The number of aryl methyl sites for hydroxylation is 1. The smallest absolute Gasteiger partial charge is 0.220 e. The van der Waals surface area contributed by atoms with Crippen LogP contribution in [0.15, 0.2) is 36.7 Å². The van der Waals surface area contributed by atoms with E-state index in [1.165, 1.54) is 5.56 Å². The van der Waals surface area contributed by atoms with Crippen molar-refractivity contribution < 1.29 is 4.79 Å². The van der Waals surface area contributed by atoms with Gasteiger partial charge in [0.05, 0.1) is 29.8 Å². The molecule has 0 saturated carbocycles. The molecule has 0 spiro atoms. The maximum absolute atomic E-state index is 11.9. The third kappa shape index (κ3) is 3.01. The molecule has 3 rings (SSSR count). The summed E-state index contributed by atoms with van der Waals surface area (Å²) in [7, 11) is 0. The predicted octanol–water partition coefficient (Wildman–Crippen LogP) is 3.53. The van der Waals surface area contributed by atoms with Gasteiger partial charge in [0.2, 0.25) is 5.91 Å². The van der Waals surface area contributed by atoms with Crippen molar-refractivity contribution in [2.45, 2.75) is 39.2 Å². The molecule has 1 fully saturated rings. The van der Waals surface area contributed by atoms with Gasteiger partial charge in [-0.15, -0.1) is 0 Å². The Labute approximate surface area is 131 Å². The van der Waals surface area contributed by atoms with Gasteiger partial charge in [-0.3, -0.25) is 9.78 Å². The number of nitrogens with zero attached hydrogens (tertiary/aromatic N) is 3. The van der Waals surface area contributed by atoms with Crippen molar-refractivity contribution in [3.63, 3.8) is 0 Å². The van der Waals surface area contributed by atoms with Crippen LogP contribution in [0.1, 0.15) is 43.5 Å². The molecule has 1 saturated heterocycles. The summed E-state index contributed by atoms with van der Waals surface area (Å²) in [5, 5.41) is 0. The topological polar surface area (TPSA) is 46.1 Å². The van der Waals surface area contributed by atoms with Gasteiger partial charge in [-0.25, -0.2) is 4.98 Å². The fourth-order valence-corrected chi connectivity index (χ4v) is 3.02. The number of rotatable bonds is 2. The van der Waals surface area contributed by atoms with Crippen LogP contribution in [0.2, 0.25) is 0 Å². The van der Waals surface area contributed by atoms with Gasteiger partial charge in [0, 0.05) is 19.0 Å². The molecule has 4 heteroatoms. The Morgan fingerprint density at radius 3 is 2.68 bits per heavy atom. The van der Waals surface area contributed by atoms with E-state index in [0.717, 1.165) is 42.8 Å². The van der Waals surface area contributed by atoms with Crippen molar-refractivity contribution in [3.8, 4) is 11.3 Å². The van der Waals surface area contributed by atoms with Gasteiger partial charge in [-0.05, 0) is 26.2 Å². The highest BCUT2D eigenvalue weighted by Gasteiger charge is 2.27. The Kier molecular flexibility index (Phi) is 4.18. The first-order valence-corrected chi connectivity index (χ1v) is 7.81. The van der Waals surface area contributed by atoms with Crippen LogP contribution in [0.3, 0.4) is 0 Å². The summed E-state index contributed by atoms with van der Waals surface area (Å²) in [6.07, 6.45) is 6.75. The Morgan fingerprint density at radius 1 is 1.18 bits per heavy atom. The number of carbonyl (C=O) groups is 1. The molecule has 1 atom stereocenters. The van der Waals surface area contributed by atoms with Crippen LogP contribution in [-0.2, 0) is 4.79 Å². The zero-order valence-electron chi connectivity index (χ0n) is 13.1. The fourth-order valence-electron chi connectivity index (χ4n) is 3.02. The second-order valence-corrected chi connectivity index (χ2v) is 5.92. The lowest BCUT2D eigenvalue weighted by Gasteiger charge is -2.34. The monoisotopic (exact) mass is 295 g/mol. The van der Waals surface area contributed by atoms with Crippen LogP contribution in [0.5, 0.6) is 0 Å². The van der Waals surface area contributed by atoms with E-state index in [2.05, 4.69) is 36.2 Å². The van der Waals surface area contributed by atoms with Crippen molar-refractivity contribution >= 4 is 5.91 Å². The van der Waals surface area contributed by atoms with Crippen LogP contribution >= 0.6 is 0 Å². The van der Waals surface area contributed by atoms with Crippen LogP contribution in [-0.4, -0.2) is 27.3 Å². The molecule has 1 unspecified atom stereocenters. The average molecular weight is 295 g/mol. The van der Waals surface area contributed by atoms with E-state index in [-0.39, 0.29) is 11.9 Å². The van der Waals surface area contributed by atoms with E-state index in [4.69, 9.17) is 4.98 Å². The molecule has 1 aliphatic heterocycles. The molecule has 22 heavy (non-hydrogen) atoms. The molecule has 0 radical (unpaired) electrons. The summed E-state index contributed by atoms with van der Waals surface area (Å²) < 4.78 is 0. The summed E-state index contributed by atoms with van der Waals surface area (Å²) in [6, 6.07) is 8.34. The zero-order valence-corrected chi connectivity index (χ0v) is 13.1. The Hall–Kier alpha value is -2.23. The summed E-state index contributed by atoms with van der Waals surface area (Å²) in [6.45, 7) is 4.52. The van der Waals surface area contributed by atoms with Gasteiger partial charge in [0.25, 0.3) is 0 Å². The molecule has 0 aliphatic carbocycles. The summed E-state index contributed by atoms with van der Waals surface area (Å²) in [4.78, 5) is 22.9. The number of aromatic nitrogens is 2. The predicted molar refractivity (Wildman–Crippen MR) is 86.2 cm³/mol. The second kappa shape index (κ2) is 6.26. The highest BCUT2D eigenvalue weighted by atomic mass is 16.2. The van der Waals surface area contributed by atoms with Crippen molar-refractivity contribution in [1.29, 1.82) is 0 Å². The van der Waals surface area contributed by atoms with Gasteiger partial charge in [-0.1, -0.05) is 29.8 Å². The number of hydrogen-bond acceptors (Lipinski definition) is 3. The number of hydrogen-bond donors (Lipinski definition) is 0. The molecular formula is C18H21N3O. The van der Waals surface area contributed by atoms with Crippen LogP contribution < -0.4 is 0 Å². The van der Waals surface area contributed by atoms with Crippen LogP contribution in [0.25, 0.3) is 11.3 Å². The van der Waals surface area contributed by atoms with E-state index >= 15 is 0 Å². The lowest BCUT2D eigenvalue weighted by molar-refractivity contribution is -0.132. The standard InChI is InChI=1S/C18H21N3O/c1-13-6-8-15(9-7-13)16-11-19-12-17(20-16)18-5-3-4-10-21(18)14(2)22/h6-9,11-12,18H,3-5,10H2,1-2H3. The largest absolute Gasteiger partial charge is 0.334 e. The van der Waals surface area contributed by atoms with Crippen molar-refractivity contribution in [3.05, 3.63) is 47.9 Å². The molecule has 1 aromatic heterocycles. The lowest BCUT2D eigenvalue weighted by Crippen LogP contribution is -2.37. The third-order valence-electron chi connectivity index (χ3n) is 4.25. The van der Waals surface area contributed by atoms with Crippen LogP contribution in [0, 0.1) is 6.92 Å². The summed E-state index contributed by atoms with van der Waals surface area (Å²) in [5.41, 5.74) is 4.05. The van der Waals surface area contributed by atoms with Crippen molar-refractivity contribution in [1.82, 2.24) is 14.9 Å². The zero-order chi connectivity index (χ0) is 15.5. The minimum absolute atomic E-state index is 0.0594. The van der Waals surface area contributed by atoms with E-state index in [9.17, 15) is 4.79 Å². The SMILES string of the molecule is CC(=O)N1CCCCC1c1cncc(-c2ccc(C)cc2)n1.